The molecule has 2 aromatic carbocycles. The van der Waals surface area contributed by atoms with Gasteiger partial charge in [-0.3, -0.25) is 4.79 Å². The summed E-state index contributed by atoms with van der Waals surface area (Å²) in [5.41, 5.74) is 12.7. The number of aromatic nitrogens is 2. The monoisotopic (exact) mass is 436 g/mol. The van der Waals surface area contributed by atoms with Crippen molar-refractivity contribution >= 4 is 45.1 Å². The summed E-state index contributed by atoms with van der Waals surface area (Å²) in [7, 11) is 0. The highest BCUT2D eigenvalue weighted by Gasteiger charge is 2.15. The summed E-state index contributed by atoms with van der Waals surface area (Å²) in [6.45, 7) is 0.249. The molecule has 122 valence electrons. The summed E-state index contributed by atoms with van der Waals surface area (Å²) in [5.74, 6) is 1.03. The summed E-state index contributed by atoms with van der Waals surface area (Å²) in [5, 5.41) is 8.56. The normalized spacial score (nSPS) is 11.7. The number of benzene rings is 2. The van der Waals surface area contributed by atoms with Crippen molar-refractivity contribution in [2.45, 2.75) is 0 Å². The van der Waals surface area contributed by atoms with Crippen molar-refractivity contribution in [2.75, 3.05) is 12.5 Å². The Kier molecular flexibility index (Phi) is 4.65. The van der Waals surface area contributed by atoms with E-state index in [2.05, 4.69) is 32.8 Å². The van der Waals surface area contributed by atoms with Crippen LogP contribution in [0.5, 0.6) is 11.5 Å². The first-order chi connectivity index (χ1) is 11.6. The molecule has 0 radical (unpaired) electrons. The van der Waals surface area contributed by atoms with E-state index in [1.54, 1.807) is 18.2 Å². The lowest BCUT2D eigenvalue weighted by atomic mass is 10.2. The first-order valence-electron chi connectivity index (χ1n) is 6.91. The third-order valence-electron chi connectivity index (χ3n) is 3.30. The lowest BCUT2D eigenvalue weighted by Gasteiger charge is -2.01. The fraction of sp³-hybridized carbons (Fsp3) is 0.0625. The van der Waals surface area contributed by atoms with Crippen LogP contribution in [0.25, 0.3) is 10.9 Å². The fourth-order valence-corrected chi connectivity index (χ4v) is 2.78. The van der Waals surface area contributed by atoms with Crippen molar-refractivity contribution < 1.29 is 14.3 Å². The number of nitrogen functional groups attached to an aromatic ring is 1. The Morgan fingerprint density at radius 2 is 1.88 bits per heavy atom. The van der Waals surface area contributed by atoms with Crippen LogP contribution in [0.3, 0.4) is 0 Å². The topological polar surface area (TPSA) is 113 Å². The van der Waals surface area contributed by atoms with Gasteiger partial charge in [-0.05, 0) is 40.8 Å². The number of ether oxygens (including phenoxy) is 2. The van der Waals surface area contributed by atoms with Gasteiger partial charge in [-0.2, -0.15) is 10.2 Å². The Bertz CT molecular complexity index is 917. The predicted octanol–water partition coefficient (Wildman–Crippen LogP) is 2.33. The molecule has 1 aliphatic heterocycles. The maximum atomic E-state index is 10.6. The van der Waals surface area contributed by atoms with Crippen LogP contribution in [0.4, 0.5) is 5.69 Å². The van der Waals surface area contributed by atoms with Crippen LogP contribution in [-0.4, -0.2) is 22.9 Å². The molecule has 1 amide bonds. The van der Waals surface area contributed by atoms with Crippen LogP contribution in [-0.2, 0) is 0 Å². The molecule has 4 N–H and O–H groups in total. The summed E-state index contributed by atoms with van der Waals surface area (Å²) in [4.78, 5) is 10.6. The van der Waals surface area contributed by atoms with E-state index >= 15 is 0 Å². The predicted molar refractivity (Wildman–Crippen MR) is 97.8 cm³/mol. The number of carbonyl (C=O) groups excluding carboxylic acids is 1. The maximum Gasteiger partial charge on any atom is 0.249 e. The zero-order valence-corrected chi connectivity index (χ0v) is 14.6. The summed E-state index contributed by atoms with van der Waals surface area (Å²) >= 11 is 2.07. The molecule has 0 saturated carbocycles. The van der Waals surface area contributed by atoms with E-state index in [0.717, 1.165) is 8.96 Å². The zero-order valence-electron chi connectivity index (χ0n) is 12.4. The lowest BCUT2D eigenvalue weighted by molar-refractivity contribution is 0.0999. The van der Waals surface area contributed by atoms with E-state index in [1.807, 2.05) is 18.2 Å². The number of hydrogen-bond donors (Lipinski definition) is 2. The second kappa shape index (κ2) is 6.87. The van der Waals surface area contributed by atoms with Crippen LogP contribution in [0.15, 0.2) is 42.6 Å². The van der Waals surface area contributed by atoms with Gasteiger partial charge in [0.05, 0.1) is 23.0 Å². The molecule has 24 heavy (non-hydrogen) atoms. The molecule has 0 bridgehead atoms. The second-order valence-electron chi connectivity index (χ2n) is 4.87. The van der Waals surface area contributed by atoms with Gasteiger partial charge in [-0.15, -0.1) is 0 Å². The molecule has 4 rings (SSSR count). The molecule has 0 unspecified atom stereocenters. The van der Waals surface area contributed by atoms with E-state index in [4.69, 9.17) is 20.9 Å². The molecule has 0 saturated heterocycles. The number of rotatable bonds is 1. The van der Waals surface area contributed by atoms with Crippen molar-refractivity contribution in [2.24, 2.45) is 5.73 Å². The SMILES string of the molecule is NC(=O)c1ccccc1I.Nc1cnnc2cc3c(cc12)OCO3. The molecule has 7 nitrogen and oxygen atoms in total. The Balaban J connectivity index is 0.000000150. The Morgan fingerprint density at radius 3 is 2.54 bits per heavy atom. The molecule has 8 heteroatoms. The van der Waals surface area contributed by atoms with Crippen molar-refractivity contribution in [3.8, 4) is 11.5 Å². The molecule has 1 aliphatic rings. The van der Waals surface area contributed by atoms with E-state index in [1.165, 1.54) is 6.20 Å². The Morgan fingerprint density at radius 1 is 1.17 bits per heavy atom. The largest absolute Gasteiger partial charge is 0.454 e. The van der Waals surface area contributed by atoms with E-state index in [9.17, 15) is 4.79 Å². The number of nitrogens with zero attached hydrogens (tertiary/aromatic N) is 2. The Labute approximate surface area is 151 Å². The molecule has 0 fully saturated rings. The van der Waals surface area contributed by atoms with Gasteiger partial charge in [0, 0.05) is 15.0 Å². The number of halogens is 1. The Hall–Kier alpha value is -2.62. The van der Waals surface area contributed by atoms with Gasteiger partial charge in [0.15, 0.2) is 11.5 Å². The smallest absolute Gasteiger partial charge is 0.249 e. The lowest BCUT2D eigenvalue weighted by Crippen LogP contribution is -2.12. The summed E-state index contributed by atoms with van der Waals surface area (Å²) in [6, 6.07) is 10.8. The average molecular weight is 436 g/mol. The summed E-state index contributed by atoms with van der Waals surface area (Å²) in [6.07, 6.45) is 1.52. The van der Waals surface area contributed by atoms with Crippen molar-refractivity contribution in [3.63, 3.8) is 0 Å². The molecule has 0 spiro atoms. The van der Waals surface area contributed by atoms with Crippen LogP contribution >= 0.6 is 22.6 Å². The molecule has 2 heterocycles. The first kappa shape index (κ1) is 16.2. The van der Waals surface area contributed by atoms with Gasteiger partial charge in [-0.1, -0.05) is 12.1 Å². The second-order valence-corrected chi connectivity index (χ2v) is 6.03. The van der Waals surface area contributed by atoms with Crippen molar-refractivity contribution in [1.82, 2.24) is 10.2 Å². The number of anilines is 1. The van der Waals surface area contributed by atoms with Gasteiger partial charge in [0.2, 0.25) is 12.7 Å². The van der Waals surface area contributed by atoms with E-state index in [0.29, 0.717) is 28.3 Å². The van der Waals surface area contributed by atoms with Crippen LogP contribution in [0, 0.1) is 3.57 Å². The van der Waals surface area contributed by atoms with Gasteiger partial charge in [0.1, 0.15) is 0 Å². The minimum atomic E-state index is -0.370. The molecular formula is C16H13IN4O3. The third kappa shape index (κ3) is 3.32. The minimum absolute atomic E-state index is 0.249. The molecule has 0 aliphatic carbocycles. The van der Waals surface area contributed by atoms with Gasteiger partial charge in [-0.25, -0.2) is 0 Å². The first-order valence-corrected chi connectivity index (χ1v) is 7.99. The quantitative estimate of drug-likeness (QED) is 0.567. The van der Waals surface area contributed by atoms with Crippen LogP contribution in [0.2, 0.25) is 0 Å². The number of fused-ring (bicyclic) bond motifs is 2. The van der Waals surface area contributed by atoms with Gasteiger partial charge in [0.25, 0.3) is 0 Å². The number of primary amides is 1. The number of hydrogen-bond acceptors (Lipinski definition) is 6. The molecule has 1 aromatic heterocycles. The van der Waals surface area contributed by atoms with E-state index in [-0.39, 0.29) is 12.7 Å². The molecule has 3 aromatic rings. The zero-order chi connectivity index (χ0) is 17.1. The molecular weight excluding hydrogens is 423 g/mol. The van der Waals surface area contributed by atoms with Crippen molar-refractivity contribution in [3.05, 3.63) is 51.7 Å². The van der Waals surface area contributed by atoms with Crippen LogP contribution < -0.4 is 20.9 Å². The number of carbonyl (C=O) groups is 1. The van der Waals surface area contributed by atoms with Crippen molar-refractivity contribution in [1.29, 1.82) is 0 Å². The standard InChI is InChI=1S/C9H7N3O2.C7H6INO/c10-6-3-11-12-7-2-9-8(1-5(6)7)13-4-14-9;8-6-4-2-1-3-5(6)7(9)10/h1-3H,4H2,(H2,10,12);1-4H,(H2,9,10). The highest BCUT2D eigenvalue weighted by atomic mass is 127. The van der Waals surface area contributed by atoms with Gasteiger partial charge < -0.3 is 20.9 Å². The van der Waals surface area contributed by atoms with Gasteiger partial charge >= 0.3 is 0 Å². The highest BCUT2D eigenvalue weighted by molar-refractivity contribution is 14.1. The third-order valence-corrected chi connectivity index (χ3v) is 4.24. The van der Waals surface area contributed by atoms with Crippen LogP contribution in [0.1, 0.15) is 10.4 Å². The number of nitrogens with two attached hydrogens (primary N) is 2. The number of amides is 1. The fourth-order valence-electron chi connectivity index (χ4n) is 2.13. The van der Waals surface area contributed by atoms with E-state index < -0.39 is 0 Å². The highest BCUT2D eigenvalue weighted by Crippen LogP contribution is 2.36. The summed E-state index contributed by atoms with van der Waals surface area (Å²) < 4.78 is 11.3. The molecule has 0 atom stereocenters. The average Bonchev–Trinajstić information content (AvgIpc) is 3.02. The minimum Gasteiger partial charge on any atom is -0.454 e. The maximum absolute atomic E-state index is 10.6.